The number of hydrogen-bond acceptors (Lipinski definition) is 8. The number of nitro groups is 2. The van der Waals surface area contributed by atoms with Crippen LogP contribution in [0.2, 0.25) is 0 Å². The highest BCUT2D eigenvalue weighted by atomic mass is 79.9. The highest BCUT2D eigenvalue weighted by molar-refractivity contribution is 9.10. The first-order chi connectivity index (χ1) is 26.8. The van der Waals surface area contributed by atoms with Crippen LogP contribution in [-0.4, -0.2) is 37.1 Å². The van der Waals surface area contributed by atoms with E-state index in [-0.39, 0.29) is 24.0 Å². The van der Waals surface area contributed by atoms with Crippen molar-refractivity contribution in [2.24, 2.45) is 11.8 Å². The van der Waals surface area contributed by atoms with Gasteiger partial charge in [-0.05, 0) is 111 Å². The molecule has 1 N–H and O–H groups in total. The van der Waals surface area contributed by atoms with Crippen LogP contribution in [0.15, 0.2) is 82.0 Å². The summed E-state index contributed by atoms with van der Waals surface area (Å²) in [5.74, 6) is 0.524. The molecule has 0 spiro atoms. The molecule has 6 rings (SSSR count). The van der Waals surface area contributed by atoms with Crippen LogP contribution in [0.3, 0.4) is 0 Å². The summed E-state index contributed by atoms with van der Waals surface area (Å²) in [7, 11) is 0. The predicted octanol–water partition coefficient (Wildman–Crippen LogP) is 11.6. The third-order valence-electron chi connectivity index (χ3n) is 9.46. The first-order valence-corrected chi connectivity index (χ1v) is 19.3. The number of nitro benzene ring substituents is 2. The van der Waals surface area contributed by atoms with Gasteiger partial charge in [-0.15, -0.1) is 0 Å². The van der Waals surface area contributed by atoms with E-state index in [1.165, 1.54) is 24.4 Å². The molecular formula is C38H37Br2F7N4O6. The van der Waals surface area contributed by atoms with Gasteiger partial charge in [0.1, 0.15) is 17.2 Å². The van der Waals surface area contributed by atoms with Gasteiger partial charge >= 0.3 is 12.4 Å². The number of alkyl halides is 6. The molecule has 0 aliphatic heterocycles. The van der Waals surface area contributed by atoms with Crippen molar-refractivity contribution in [1.82, 2.24) is 9.97 Å². The van der Waals surface area contributed by atoms with Crippen LogP contribution in [0.4, 0.5) is 42.1 Å². The summed E-state index contributed by atoms with van der Waals surface area (Å²) in [5.41, 5.74) is -3.28. The largest absolute Gasteiger partial charge is 0.474 e. The maximum absolute atomic E-state index is 13.1. The van der Waals surface area contributed by atoms with E-state index in [0.29, 0.717) is 47.2 Å². The predicted molar refractivity (Wildman–Crippen MR) is 202 cm³/mol. The van der Waals surface area contributed by atoms with E-state index in [1.807, 2.05) is 6.07 Å². The van der Waals surface area contributed by atoms with Crippen LogP contribution in [0.1, 0.15) is 73.6 Å². The van der Waals surface area contributed by atoms with Gasteiger partial charge in [-0.2, -0.15) is 30.7 Å². The number of ether oxygens (including phenoxy) is 1. The van der Waals surface area contributed by atoms with Crippen molar-refractivity contribution >= 4 is 43.2 Å². The van der Waals surface area contributed by atoms with Crippen LogP contribution >= 0.6 is 31.9 Å². The van der Waals surface area contributed by atoms with Gasteiger partial charge in [0.25, 0.3) is 11.4 Å². The Morgan fingerprint density at radius 2 is 1.11 bits per heavy atom. The molecule has 2 aromatic carbocycles. The number of nitrogens with zero attached hydrogens (tertiary/aromatic N) is 4. The zero-order valence-electron chi connectivity index (χ0n) is 30.0. The third kappa shape index (κ3) is 14.6. The quantitative estimate of drug-likeness (QED) is 0.0797. The van der Waals surface area contributed by atoms with Gasteiger partial charge in [0.15, 0.2) is 0 Å². The Morgan fingerprint density at radius 1 is 0.667 bits per heavy atom. The first kappa shape index (κ1) is 45.5. The standard InChI is InChI=1S/C19H18BrF3N2O3.C14H16F3NO3.C5H3BrFN/c20-14-7-8-24-18(11-14)28-15-4-1-12(2-5-15)9-13-3-6-17(25(26)27)16(10-13)19(21,22)23;15-14(16,17)12-8-10(3-6-13(12)18(20)21)7-9-1-4-11(19)5-2-9;6-4-1-2-8-5(7)3-4/h3,6-8,10-12,15H,1-2,4-5,9H2;3,6,8-9,11,19H,1-2,4-5,7H2;1-3H. The van der Waals surface area contributed by atoms with Gasteiger partial charge in [0.05, 0.1) is 16.0 Å². The average Bonchev–Trinajstić information content (AvgIpc) is 3.13. The van der Waals surface area contributed by atoms with E-state index >= 15 is 0 Å². The Hall–Kier alpha value is -4.23. The van der Waals surface area contributed by atoms with Gasteiger partial charge in [-0.1, -0.05) is 44.0 Å². The lowest BCUT2D eigenvalue weighted by Gasteiger charge is -2.28. The highest BCUT2D eigenvalue weighted by Crippen LogP contribution is 2.39. The number of aliphatic hydroxyl groups excluding tert-OH is 1. The van der Waals surface area contributed by atoms with Gasteiger partial charge in [0, 0.05) is 45.6 Å². The Kier molecular flexibility index (Phi) is 16.3. The molecule has 2 fully saturated rings. The number of pyridine rings is 2. The summed E-state index contributed by atoms with van der Waals surface area (Å²) in [6.45, 7) is 0. The number of halogens is 9. The monoisotopic (exact) mass is 936 g/mol. The molecule has 2 heterocycles. The average molecular weight is 939 g/mol. The fraction of sp³-hybridized carbons (Fsp3) is 0.421. The Morgan fingerprint density at radius 3 is 1.49 bits per heavy atom. The van der Waals surface area contributed by atoms with Gasteiger partial charge in [-0.3, -0.25) is 20.2 Å². The summed E-state index contributed by atoms with van der Waals surface area (Å²) >= 11 is 6.45. The summed E-state index contributed by atoms with van der Waals surface area (Å²) in [6.07, 6.45) is 0.247. The van der Waals surface area contributed by atoms with Crippen molar-refractivity contribution < 1.29 is 50.4 Å². The second-order valence-electron chi connectivity index (χ2n) is 13.7. The van der Waals surface area contributed by atoms with Crippen molar-refractivity contribution in [2.45, 2.75) is 88.8 Å². The molecule has 4 aromatic rings. The molecule has 0 radical (unpaired) electrons. The summed E-state index contributed by atoms with van der Waals surface area (Å²) < 4.78 is 97.5. The molecule has 2 saturated carbocycles. The van der Waals surface area contributed by atoms with Crippen molar-refractivity contribution in [3.8, 4) is 5.88 Å². The minimum atomic E-state index is -4.75. The maximum atomic E-state index is 13.1. The normalized spacial score (nSPS) is 19.6. The van der Waals surface area contributed by atoms with E-state index < -0.39 is 50.6 Å². The second kappa shape index (κ2) is 20.5. The van der Waals surface area contributed by atoms with E-state index in [4.69, 9.17) is 4.74 Å². The number of aliphatic hydroxyl groups is 1. The number of aromatic nitrogens is 2. The lowest BCUT2D eigenvalue weighted by atomic mass is 9.83. The fourth-order valence-electron chi connectivity index (χ4n) is 6.66. The second-order valence-corrected chi connectivity index (χ2v) is 15.5. The lowest BCUT2D eigenvalue weighted by Crippen LogP contribution is -2.25. The molecule has 2 aliphatic rings. The minimum Gasteiger partial charge on any atom is -0.474 e. The zero-order valence-corrected chi connectivity index (χ0v) is 33.2. The molecular weight excluding hydrogens is 901 g/mol. The molecule has 10 nitrogen and oxygen atoms in total. The zero-order chi connectivity index (χ0) is 41.9. The Labute approximate surface area is 339 Å². The molecule has 0 saturated heterocycles. The maximum Gasteiger partial charge on any atom is 0.423 e. The van der Waals surface area contributed by atoms with E-state index in [0.717, 1.165) is 67.3 Å². The van der Waals surface area contributed by atoms with Crippen LogP contribution in [-0.2, 0) is 25.2 Å². The summed E-state index contributed by atoms with van der Waals surface area (Å²) in [4.78, 5) is 27.0. The van der Waals surface area contributed by atoms with Crippen LogP contribution in [0.25, 0.3) is 0 Å². The molecule has 2 aromatic heterocycles. The molecule has 0 amide bonds. The SMILES string of the molecule is Fc1cc(Br)ccn1.O=[N+]([O-])c1ccc(CC2CCC(O)CC2)cc1C(F)(F)F.O=[N+]([O-])c1ccc(CC2CCC(Oc3cc(Br)ccn3)CC2)cc1C(F)(F)F. The third-order valence-corrected chi connectivity index (χ3v) is 10.4. The fourth-order valence-corrected chi connectivity index (χ4v) is 7.28. The van der Waals surface area contributed by atoms with Gasteiger partial charge in [-0.25, -0.2) is 9.97 Å². The molecule has 0 atom stereocenters. The molecule has 0 bridgehead atoms. The topological polar surface area (TPSA) is 142 Å². The van der Waals surface area contributed by atoms with Crippen molar-refractivity contribution in [1.29, 1.82) is 0 Å². The number of hydrogen-bond donors (Lipinski definition) is 1. The van der Waals surface area contributed by atoms with Crippen molar-refractivity contribution in [3.63, 3.8) is 0 Å². The van der Waals surface area contributed by atoms with Crippen LogP contribution < -0.4 is 4.74 Å². The first-order valence-electron chi connectivity index (χ1n) is 17.7. The van der Waals surface area contributed by atoms with E-state index in [1.54, 1.807) is 18.3 Å². The Balaban J connectivity index is 0.000000217. The summed E-state index contributed by atoms with van der Waals surface area (Å²) in [5, 5.41) is 31.0. The van der Waals surface area contributed by atoms with Gasteiger partial charge < -0.3 is 9.84 Å². The van der Waals surface area contributed by atoms with Crippen LogP contribution in [0.5, 0.6) is 5.88 Å². The molecule has 308 valence electrons. The minimum absolute atomic E-state index is 0.0284. The molecule has 19 heteroatoms. The highest BCUT2D eigenvalue weighted by Gasteiger charge is 2.39. The van der Waals surface area contributed by atoms with E-state index in [2.05, 4.69) is 41.8 Å². The van der Waals surface area contributed by atoms with Crippen molar-refractivity contribution in [2.75, 3.05) is 0 Å². The number of benzene rings is 2. The van der Waals surface area contributed by atoms with Crippen LogP contribution in [0, 0.1) is 38.0 Å². The smallest absolute Gasteiger partial charge is 0.423 e. The molecule has 2 aliphatic carbocycles. The number of rotatable bonds is 8. The molecule has 57 heavy (non-hydrogen) atoms. The lowest BCUT2D eigenvalue weighted by molar-refractivity contribution is -0.388. The summed E-state index contributed by atoms with van der Waals surface area (Å²) in [6, 6.07) is 13.0. The Bertz CT molecular complexity index is 1960. The van der Waals surface area contributed by atoms with Crippen molar-refractivity contribution in [3.05, 3.63) is 130 Å². The van der Waals surface area contributed by atoms with E-state index in [9.17, 15) is 56.1 Å². The van der Waals surface area contributed by atoms with Gasteiger partial charge in [0.2, 0.25) is 11.8 Å². The molecule has 0 unspecified atom stereocenters.